The van der Waals surface area contributed by atoms with E-state index in [1.54, 1.807) is 26.8 Å². The SMILES string of the molecule is Cc1nc(C(C)(C)NC(=O)Oc2ccc(N3CC(F)(F)C3)c(OCC3CC3)n2)no1. The van der Waals surface area contributed by atoms with Crippen LogP contribution in [0.4, 0.5) is 19.3 Å². The molecule has 0 radical (unpaired) electrons. The van der Waals surface area contributed by atoms with Gasteiger partial charge < -0.3 is 24.2 Å². The van der Waals surface area contributed by atoms with Crippen molar-refractivity contribution < 1.29 is 27.6 Å². The van der Waals surface area contributed by atoms with Gasteiger partial charge in [-0.15, -0.1) is 0 Å². The fourth-order valence-corrected chi connectivity index (χ4v) is 2.97. The highest BCUT2D eigenvalue weighted by molar-refractivity contribution is 5.71. The maximum absolute atomic E-state index is 13.3. The first-order valence-electron chi connectivity index (χ1n) is 9.69. The number of alkyl halides is 2. The summed E-state index contributed by atoms with van der Waals surface area (Å²) in [5.41, 5.74) is -0.486. The van der Waals surface area contributed by atoms with Gasteiger partial charge in [-0.05, 0) is 38.7 Å². The fraction of sp³-hybridized carbons (Fsp3) is 0.579. The smallest absolute Gasteiger partial charge is 0.414 e. The Bertz CT molecular complexity index is 937. The zero-order valence-corrected chi connectivity index (χ0v) is 16.9. The molecule has 0 unspecified atom stereocenters. The number of amides is 1. The van der Waals surface area contributed by atoms with Crippen molar-refractivity contribution in [3.05, 3.63) is 23.8 Å². The second-order valence-electron chi connectivity index (χ2n) is 8.22. The summed E-state index contributed by atoms with van der Waals surface area (Å²) in [6.07, 6.45) is 1.37. The van der Waals surface area contributed by atoms with Crippen LogP contribution < -0.4 is 19.7 Å². The average molecular weight is 423 g/mol. The van der Waals surface area contributed by atoms with E-state index in [1.165, 1.54) is 11.0 Å². The molecule has 1 aliphatic carbocycles. The Morgan fingerprint density at radius 3 is 2.67 bits per heavy atom. The molecule has 0 spiro atoms. The Morgan fingerprint density at radius 1 is 1.33 bits per heavy atom. The largest absolute Gasteiger partial charge is 0.476 e. The molecule has 9 nitrogen and oxygen atoms in total. The lowest BCUT2D eigenvalue weighted by molar-refractivity contribution is -0.0265. The number of nitrogens with one attached hydrogen (secondary N) is 1. The van der Waals surface area contributed by atoms with Gasteiger partial charge >= 0.3 is 6.09 Å². The van der Waals surface area contributed by atoms with Crippen LogP contribution >= 0.6 is 0 Å². The van der Waals surface area contributed by atoms with Crippen LogP contribution in [0.15, 0.2) is 16.7 Å². The number of carbonyl (C=O) groups excluding carboxylic acids is 1. The molecular formula is C19H23F2N5O4. The molecule has 3 heterocycles. The minimum Gasteiger partial charge on any atom is -0.476 e. The standard InChI is InChI=1S/C19H23F2N5O4/c1-11-22-16(25-30-11)18(2,3)24-17(27)29-14-7-6-13(26-9-19(20,21)10-26)15(23-14)28-8-12-4-5-12/h6-7,12H,4-5,8-10H2,1-3H3,(H,24,27). The first kappa shape index (κ1) is 20.3. The Hall–Kier alpha value is -2.98. The van der Waals surface area contributed by atoms with E-state index >= 15 is 0 Å². The molecule has 30 heavy (non-hydrogen) atoms. The van der Waals surface area contributed by atoms with Crippen molar-refractivity contribution in [2.45, 2.75) is 45.1 Å². The lowest BCUT2D eigenvalue weighted by atomic mass is 10.1. The van der Waals surface area contributed by atoms with Crippen molar-refractivity contribution in [1.29, 1.82) is 0 Å². The lowest BCUT2D eigenvalue weighted by Crippen LogP contribution is -2.56. The number of aromatic nitrogens is 3. The number of carbonyl (C=O) groups is 1. The van der Waals surface area contributed by atoms with E-state index in [9.17, 15) is 13.6 Å². The number of aryl methyl sites for hydroxylation is 1. The molecule has 2 fully saturated rings. The predicted octanol–water partition coefficient (Wildman–Crippen LogP) is 3.04. The first-order chi connectivity index (χ1) is 14.1. The molecule has 1 N–H and O–H groups in total. The summed E-state index contributed by atoms with van der Waals surface area (Å²) in [6, 6.07) is 3.02. The van der Waals surface area contributed by atoms with E-state index in [4.69, 9.17) is 14.0 Å². The molecule has 1 amide bonds. The fourth-order valence-electron chi connectivity index (χ4n) is 2.97. The Balaban J connectivity index is 1.45. The van der Waals surface area contributed by atoms with Crippen molar-refractivity contribution >= 4 is 11.8 Å². The van der Waals surface area contributed by atoms with Crippen LogP contribution in [0.1, 0.15) is 38.4 Å². The predicted molar refractivity (Wildman–Crippen MR) is 101 cm³/mol. The van der Waals surface area contributed by atoms with Gasteiger partial charge in [0.1, 0.15) is 11.2 Å². The van der Waals surface area contributed by atoms with Crippen molar-refractivity contribution in [2.75, 3.05) is 24.6 Å². The van der Waals surface area contributed by atoms with Crippen LogP contribution in [-0.4, -0.2) is 46.8 Å². The molecule has 0 atom stereocenters. The van der Waals surface area contributed by atoms with E-state index in [2.05, 4.69) is 20.4 Å². The highest BCUT2D eigenvalue weighted by atomic mass is 19.3. The highest BCUT2D eigenvalue weighted by Crippen LogP contribution is 2.38. The topological polar surface area (TPSA) is 103 Å². The Kier molecular flexibility index (Phi) is 4.99. The third-order valence-electron chi connectivity index (χ3n) is 4.85. The summed E-state index contributed by atoms with van der Waals surface area (Å²) in [7, 11) is 0. The van der Waals surface area contributed by atoms with Gasteiger partial charge in [0.2, 0.25) is 17.7 Å². The van der Waals surface area contributed by atoms with E-state index in [0.717, 1.165) is 12.8 Å². The zero-order chi connectivity index (χ0) is 21.5. The van der Waals surface area contributed by atoms with E-state index in [0.29, 0.717) is 29.9 Å². The van der Waals surface area contributed by atoms with Crippen molar-refractivity contribution in [3.63, 3.8) is 0 Å². The maximum Gasteiger partial charge on any atom is 0.414 e. The van der Waals surface area contributed by atoms with E-state index in [-0.39, 0.29) is 11.8 Å². The van der Waals surface area contributed by atoms with Gasteiger partial charge in [-0.25, -0.2) is 13.6 Å². The van der Waals surface area contributed by atoms with Crippen LogP contribution in [0.3, 0.4) is 0 Å². The second-order valence-corrected chi connectivity index (χ2v) is 8.22. The normalized spacial score (nSPS) is 18.0. The number of nitrogens with zero attached hydrogens (tertiary/aromatic N) is 4. The van der Waals surface area contributed by atoms with E-state index < -0.39 is 30.6 Å². The number of rotatable bonds is 7. The monoisotopic (exact) mass is 423 g/mol. The van der Waals surface area contributed by atoms with Crippen LogP contribution in [0.5, 0.6) is 11.8 Å². The van der Waals surface area contributed by atoms with Gasteiger partial charge in [0.05, 0.1) is 19.7 Å². The quantitative estimate of drug-likeness (QED) is 0.725. The van der Waals surface area contributed by atoms with Gasteiger partial charge in [0.25, 0.3) is 5.92 Å². The van der Waals surface area contributed by atoms with Crippen LogP contribution in [-0.2, 0) is 5.54 Å². The lowest BCUT2D eigenvalue weighted by Gasteiger charge is -2.40. The third kappa shape index (κ3) is 4.60. The number of anilines is 1. The second kappa shape index (κ2) is 7.37. The summed E-state index contributed by atoms with van der Waals surface area (Å²) in [5.74, 6) is -1.43. The van der Waals surface area contributed by atoms with Crippen molar-refractivity contribution in [3.8, 4) is 11.8 Å². The molecule has 1 aliphatic heterocycles. The third-order valence-corrected chi connectivity index (χ3v) is 4.85. The van der Waals surface area contributed by atoms with Gasteiger partial charge in [0, 0.05) is 13.0 Å². The summed E-state index contributed by atoms with van der Waals surface area (Å²) in [4.78, 5) is 22.2. The van der Waals surface area contributed by atoms with Crippen LogP contribution in [0.25, 0.3) is 0 Å². The highest BCUT2D eigenvalue weighted by Gasteiger charge is 2.45. The Morgan fingerprint density at radius 2 is 2.07 bits per heavy atom. The molecule has 0 aromatic carbocycles. The summed E-state index contributed by atoms with van der Waals surface area (Å²) < 4.78 is 42.5. The molecule has 1 saturated heterocycles. The zero-order valence-electron chi connectivity index (χ0n) is 16.9. The number of ether oxygens (including phenoxy) is 2. The summed E-state index contributed by atoms with van der Waals surface area (Å²) in [6.45, 7) is 4.70. The van der Waals surface area contributed by atoms with E-state index in [1.807, 2.05) is 0 Å². The Labute approximate surface area is 171 Å². The molecule has 2 aromatic heterocycles. The molecule has 2 aliphatic rings. The number of halogens is 2. The molecule has 162 valence electrons. The molecule has 2 aromatic rings. The van der Waals surface area contributed by atoms with Gasteiger partial charge in [0.15, 0.2) is 5.82 Å². The van der Waals surface area contributed by atoms with Crippen LogP contribution in [0.2, 0.25) is 0 Å². The van der Waals surface area contributed by atoms with Gasteiger partial charge in [-0.2, -0.15) is 9.97 Å². The number of hydrogen-bond acceptors (Lipinski definition) is 8. The minimum absolute atomic E-state index is 0.00516. The summed E-state index contributed by atoms with van der Waals surface area (Å²) >= 11 is 0. The van der Waals surface area contributed by atoms with Gasteiger partial charge in [-0.1, -0.05) is 5.16 Å². The number of pyridine rings is 1. The molecule has 0 bridgehead atoms. The maximum atomic E-state index is 13.3. The first-order valence-corrected chi connectivity index (χ1v) is 9.69. The molecule has 1 saturated carbocycles. The molecule has 11 heteroatoms. The minimum atomic E-state index is -2.72. The average Bonchev–Trinajstić information content (AvgIpc) is 3.35. The van der Waals surface area contributed by atoms with Gasteiger partial charge in [-0.3, -0.25) is 0 Å². The summed E-state index contributed by atoms with van der Waals surface area (Å²) in [5, 5.41) is 6.46. The van der Waals surface area contributed by atoms with Crippen LogP contribution in [0, 0.1) is 12.8 Å². The van der Waals surface area contributed by atoms with Crippen molar-refractivity contribution in [1.82, 2.24) is 20.4 Å². The number of hydrogen-bond donors (Lipinski definition) is 1. The van der Waals surface area contributed by atoms with Crippen molar-refractivity contribution in [2.24, 2.45) is 5.92 Å². The molecular weight excluding hydrogens is 400 g/mol. The molecule has 4 rings (SSSR count).